The van der Waals surface area contributed by atoms with Crippen molar-refractivity contribution in [1.82, 2.24) is 14.7 Å². The number of nitrogens with zero attached hydrogens (tertiary/aromatic N) is 3. The van der Waals surface area contributed by atoms with Gasteiger partial charge in [-0.05, 0) is 31.0 Å². The van der Waals surface area contributed by atoms with Crippen molar-refractivity contribution in [2.24, 2.45) is 5.73 Å². The summed E-state index contributed by atoms with van der Waals surface area (Å²) in [4.78, 5) is 14.3. The Morgan fingerprint density at radius 3 is 2.73 bits per heavy atom. The van der Waals surface area contributed by atoms with Crippen LogP contribution < -0.4 is 5.73 Å². The molecule has 0 unspecified atom stereocenters. The number of rotatable bonds is 2. The first kappa shape index (κ1) is 17.0. The number of aromatic nitrogens is 2. The number of hydrogen-bond donors (Lipinski definition) is 1. The van der Waals surface area contributed by atoms with Crippen molar-refractivity contribution >= 4 is 34.2 Å². The fraction of sp³-hybridized carbons (Fsp3) is 0.333. The van der Waals surface area contributed by atoms with Crippen LogP contribution in [0.4, 0.5) is 0 Å². The smallest absolute Gasteiger partial charge is 0.257 e. The van der Waals surface area contributed by atoms with Gasteiger partial charge in [-0.3, -0.25) is 4.79 Å². The van der Waals surface area contributed by atoms with Crippen LogP contribution in [-0.4, -0.2) is 39.7 Å². The highest BCUT2D eigenvalue weighted by Crippen LogP contribution is 2.17. The van der Waals surface area contributed by atoms with Crippen molar-refractivity contribution in [2.75, 3.05) is 13.1 Å². The Morgan fingerprint density at radius 2 is 2.05 bits per heavy atom. The Balaban J connectivity index is 0.00000176. The fourth-order valence-electron chi connectivity index (χ4n) is 2.48. The summed E-state index contributed by atoms with van der Waals surface area (Å²) in [6.07, 6.45) is 5.13. The van der Waals surface area contributed by atoms with Crippen LogP contribution in [0.3, 0.4) is 0 Å². The van der Waals surface area contributed by atoms with Gasteiger partial charge >= 0.3 is 0 Å². The monoisotopic (exact) mass is 384 g/mol. The normalized spacial score (nSPS) is 15.5. The zero-order chi connectivity index (χ0) is 14.8. The lowest BCUT2D eigenvalue weighted by Gasteiger charge is -2.29. The molecule has 1 aliphatic heterocycles. The van der Waals surface area contributed by atoms with Crippen LogP contribution in [0, 0.1) is 0 Å². The summed E-state index contributed by atoms with van der Waals surface area (Å²) < 4.78 is 2.70. The molecule has 1 saturated heterocycles. The molecular weight excluding hydrogens is 368 g/mol. The second kappa shape index (κ2) is 7.26. The zero-order valence-electron chi connectivity index (χ0n) is 12.0. The molecule has 1 amide bonds. The van der Waals surface area contributed by atoms with E-state index in [1.54, 1.807) is 17.1 Å². The SMILES string of the molecule is Cl.NC1CCN(C(=O)c2cnn(-c3cccc(Br)c3)c2)CC1. The van der Waals surface area contributed by atoms with Crippen molar-refractivity contribution in [1.29, 1.82) is 0 Å². The lowest BCUT2D eigenvalue weighted by Crippen LogP contribution is -2.42. The van der Waals surface area contributed by atoms with E-state index >= 15 is 0 Å². The molecule has 1 fully saturated rings. The van der Waals surface area contributed by atoms with E-state index in [1.165, 1.54) is 0 Å². The Hall–Kier alpha value is -1.37. The number of hydrogen-bond acceptors (Lipinski definition) is 3. The van der Waals surface area contributed by atoms with Gasteiger partial charge in [0.15, 0.2) is 0 Å². The molecule has 0 spiro atoms. The molecule has 2 N–H and O–H groups in total. The first-order chi connectivity index (χ1) is 10.1. The number of benzene rings is 1. The quantitative estimate of drug-likeness (QED) is 0.864. The Kier molecular flexibility index (Phi) is 5.61. The summed E-state index contributed by atoms with van der Waals surface area (Å²) in [5.74, 6) is 0.0307. The summed E-state index contributed by atoms with van der Waals surface area (Å²) in [6.45, 7) is 1.45. The van der Waals surface area contributed by atoms with Crippen LogP contribution in [0.5, 0.6) is 0 Å². The van der Waals surface area contributed by atoms with Crippen LogP contribution in [0.15, 0.2) is 41.1 Å². The van der Waals surface area contributed by atoms with Crippen molar-refractivity contribution in [2.45, 2.75) is 18.9 Å². The second-order valence-electron chi connectivity index (χ2n) is 5.28. The molecule has 0 aliphatic carbocycles. The molecular formula is C15H18BrClN4O. The van der Waals surface area contributed by atoms with Crippen molar-refractivity contribution in [3.05, 3.63) is 46.7 Å². The second-order valence-corrected chi connectivity index (χ2v) is 6.20. The van der Waals surface area contributed by atoms with Gasteiger partial charge in [0.2, 0.25) is 0 Å². The van der Waals surface area contributed by atoms with Gasteiger partial charge < -0.3 is 10.6 Å². The molecule has 0 atom stereocenters. The summed E-state index contributed by atoms with van der Waals surface area (Å²) in [6, 6.07) is 8.02. The summed E-state index contributed by atoms with van der Waals surface area (Å²) >= 11 is 3.44. The number of likely N-dealkylation sites (tertiary alicyclic amines) is 1. The lowest BCUT2D eigenvalue weighted by atomic mass is 10.1. The molecule has 2 heterocycles. The number of nitrogens with two attached hydrogens (primary N) is 1. The van der Waals surface area contributed by atoms with E-state index in [9.17, 15) is 4.79 Å². The van der Waals surface area contributed by atoms with Crippen LogP contribution in [0.2, 0.25) is 0 Å². The highest BCUT2D eigenvalue weighted by atomic mass is 79.9. The molecule has 1 aliphatic rings. The number of carbonyl (C=O) groups excluding carboxylic acids is 1. The molecule has 7 heteroatoms. The molecule has 1 aromatic carbocycles. The third-order valence-electron chi connectivity index (χ3n) is 3.73. The van der Waals surface area contributed by atoms with Gasteiger partial charge in [-0.25, -0.2) is 4.68 Å². The Labute approximate surface area is 144 Å². The van der Waals surface area contributed by atoms with Crippen LogP contribution >= 0.6 is 28.3 Å². The van der Waals surface area contributed by atoms with Gasteiger partial charge in [0.25, 0.3) is 5.91 Å². The predicted octanol–water partition coefficient (Wildman–Crippen LogP) is 2.62. The largest absolute Gasteiger partial charge is 0.338 e. The molecule has 5 nitrogen and oxygen atoms in total. The summed E-state index contributed by atoms with van der Waals surface area (Å²) in [5.41, 5.74) is 7.41. The van der Waals surface area contributed by atoms with E-state index in [4.69, 9.17) is 5.73 Å². The zero-order valence-corrected chi connectivity index (χ0v) is 14.4. The van der Waals surface area contributed by atoms with E-state index in [0.717, 1.165) is 36.1 Å². The first-order valence-corrected chi connectivity index (χ1v) is 7.78. The van der Waals surface area contributed by atoms with E-state index in [1.807, 2.05) is 29.2 Å². The molecule has 0 saturated carbocycles. The standard InChI is InChI=1S/C15H17BrN4O.ClH/c16-12-2-1-3-14(8-12)20-10-11(9-18-20)15(21)19-6-4-13(17)5-7-19;/h1-3,8-10,13H,4-7,17H2;1H. The fourth-order valence-corrected chi connectivity index (χ4v) is 2.87. The first-order valence-electron chi connectivity index (χ1n) is 6.99. The van der Waals surface area contributed by atoms with Crippen molar-refractivity contribution in [3.8, 4) is 5.69 Å². The van der Waals surface area contributed by atoms with Gasteiger partial charge in [-0.15, -0.1) is 12.4 Å². The van der Waals surface area contributed by atoms with E-state index in [-0.39, 0.29) is 24.4 Å². The molecule has 22 heavy (non-hydrogen) atoms. The maximum atomic E-state index is 12.4. The van der Waals surface area contributed by atoms with E-state index in [0.29, 0.717) is 5.56 Å². The highest BCUT2D eigenvalue weighted by Gasteiger charge is 2.22. The molecule has 0 bridgehead atoms. The number of carbonyl (C=O) groups is 1. The predicted molar refractivity (Wildman–Crippen MR) is 91.6 cm³/mol. The molecule has 118 valence electrons. The molecule has 1 aromatic heterocycles. The van der Waals surface area contributed by atoms with Crippen molar-refractivity contribution in [3.63, 3.8) is 0 Å². The number of halogens is 2. The number of amides is 1. The van der Waals surface area contributed by atoms with Crippen LogP contribution in [0.25, 0.3) is 5.69 Å². The summed E-state index contributed by atoms with van der Waals surface area (Å²) in [7, 11) is 0. The number of piperidine rings is 1. The minimum Gasteiger partial charge on any atom is -0.338 e. The van der Waals surface area contributed by atoms with Gasteiger partial charge in [0, 0.05) is 29.8 Å². The van der Waals surface area contributed by atoms with E-state index < -0.39 is 0 Å². The van der Waals surface area contributed by atoms with Gasteiger partial charge in [-0.1, -0.05) is 22.0 Å². The minimum absolute atomic E-state index is 0. The summed E-state index contributed by atoms with van der Waals surface area (Å²) in [5, 5.41) is 4.28. The van der Waals surface area contributed by atoms with Crippen LogP contribution in [-0.2, 0) is 0 Å². The Bertz CT molecular complexity index is 652. The minimum atomic E-state index is 0. The van der Waals surface area contributed by atoms with Gasteiger partial charge in [0.05, 0.1) is 17.4 Å². The molecule has 2 aromatic rings. The lowest BCUT2D eigenvalue weighted by molar-refractivity contribution is 0.0715. The third kappa shape index (κ3) is 3.69. The Morgan fingerprint density at radius 1 is 1.32 bits per heavy atom. The van der Waals surface area contributed by atoms with Crippen molar-refractivity contribution < 1.29 is 4.79 Å². The third-order valence-corrected chi connectivity index (χ3v) is 4.22. The molecule has 3 rings (SSSR count). The maximum Gasteiger partial charge on any atom is 0.257 e. The average molecular weight is 386 g/mol. The molecule has 0 radical (unpaired) electrons. The highest BCUT2D eigenvalue weighted by molar-refractivity contribution is 9.10. The topological polar surface area (TPSA) is 64.2 Å². The van der Waals surface area contributed by atoms with Crippen LogP contribution in [0.1, 0.15) is 23.2 Å². The van der Waals surface area contributed by atoms with Gasteiger partial charge in [0.1, 0.15) is 0 Å². The van der Waals surface area contributed by atoms with E-state index in [2.05, 4.69) is 21.0 Å². The maximum absolute atomic E-state index is 12.4. The average Bonchev–Trinajstić information content (AvgIpc) is 2.97. The van der Waals surface area contributed by atoms with Gasteiger partial charge in [-0.2, -0.15) is 5.10 Å².